The molecule has 3 heterocycles. The van der Waals surface area contributed by atoms with E-state index in [4.69, 9.17) is 16.3 Å². The fourth-order valence-corrected chi connectivity index (χ4v) is 3.20. The van der Waals surface area contributed by atoms with E-state index in [0.717, 1.165) is 25.3 Å². The molecule has 3 rings (SSSR count). The van der Waals surface area contributed by atoms with Gasteiger partial charge in [0.1, 0.15) is 0 Å². The Bertz CT molecular complexity index is 443. The summed E-state index contributed by atoms with van der Waals surface area (Å²) in [6.45, 7) is 2.70. The molecule has 19 heavy (non-hydrogen) atoms. The number of aliphatic hydroxyl groups is 1. The molecule has 0 radical (unpaired) electrons. The van der Waals surface area contributed by atoms with Crippen LogP contribution < -0.4 is 0 Å². The van der Waals surface area contributed by atoms with Gasteiger partial charge in [0.2, 0.25) is 0 Å². The van der Waals surface area contributed by atoms with Crippen molar-refractivity contribution < 1.29 is 9.84 Å². The van der Waals surface area contributed by atoms with Crippen LogP contribution in [-0.4, -0.2) is 52.9 Å². The predicted octanol–water partition coefficient (Wildman–Crippen LogP) is 1.50. The van der Waals surface area contributed by atoms with Gasteiger partial charge in [-0.15, -0.1) is 0 Å². The van der Waals surface area contributed by atoms with Crippen LogP contribution in [0.3, 0.4) is 0 Å². The van der Waals surface area contributed by atoms with Gasteiger partial charge in [0, 0.05) is 31.4 Å². The van der Waals surface area contributed by atoms with Gasteiger partial charge >= 0.3 is 0 Å². The largest absolute Gasteiger partial charge is 0.390 e. The van der Waals surface area contributed by atoms with E-state index in [2.05, 4.69) is 9.88 Å². The Hall–Kier alpha value is -0.680. The number of rotatable bonds is 3. The molecule has 2 saturated heterocycles. The van der Waals surface area contributed by atoms with Crippen molar-refractivity contribution in [1.82, 2.24) is 9.88 Å². The summed E-state index contributed by atoms with van der Waals surface area (Å²) in [5, 5.41) is 10.9. The van der Waals surface area contributed by atoms with Gasteiger partial charge in [-0.1, -0.05) is 11.6 Å². The third-order valence-corrected chi connectivity index (χ3v) is 4.47. The van der Waals surface area contributed by atoms with E-state index < -0.39 is 6.10 Å². The molecule has 0 aromatic carbocycles. The van der Waals surface area contributed by atoms with Gasteiger partial charge < -0.3 is 9.84 Å². The third-order valence-electron chi connectivity index (χ3n) is 4.13. The van der Waals surface area contributed by atoms with Crippen LogP contribution in [0.15, 0.2) is 18.5 Å². The highest BCUT2D eigenvalue weighted by molar-refractivity contribution is 6.31. The van der Waals surface area contributed by atoms with Crippen LogP contribution in [0.5, 0.6) is 0 Å². The van der Waals surface area contributed by atoms with Gasteiger partial charge in [0.05, 0.1) is 23.8 Å². The van der Waals surface area contributed by atoms with Crippen molar-refractivity contribution in [2.45, 2.75) is 37.5 Å². The lowest BCUT2D eigenvalue weighted by molar-refractivity contribution is -0.101. The molecule has 2 aliphatic rings. The van der Waals surface area contributed by atoms with Crippen LogP contribution in [0.1, 0.15) is 18.4 Å². The summed E-state index contributed by atoms with van der Waals surface area (Å²) in [4.78, 5) is 6.39. The van der Waals surface area contributed by atoms with Gasteiger partial charge in [0.25, 0.3) is 0 Å². The zero-order chi connectivity index (χ0) is 13.2. The van der Waals surface area contributed by atoms with Gasteiger partial charge in [-0.3, -0.25) is 9.88 Å². The van der Waals surface area contributed by atoms with Crippen LogP contribution in [0.2, 0.25) is 5.02 Å². The summed E-state index contributed by atoms with van der Waals surface area (Å²) in [5.41, 5.74) is 0.927. The SMILES string of the molecule is OC(Cc1ccncc1Cl)C1CN2CCCC2CO1. The number of ether oxygens (including phenoxy) is 1. The van der Waals surface area contributed by atoms with Crippen molar-refractivity contribution in [2.75, 3.05) is 19.7 Å². The fourth-order valence-electron chi connectivity index (χ4n) is 3.00. The Kier molecular flexibility index (Phi) is 4.03. The molecule has 3 atom stereocenters. The molecule has 3 unspecified atom stereocenters. The van der Waals surface area contributed by atoms with E-state index in [-0.39, 0.29) is 6.10 Å². The number of pyridine rings is 1. The lowest BCUT2D eigenvalue weighted by Crippen LogP contribution is -2.50. The van der Waals surface area contributed by atoms with E-state index in [9.17, 15) is 5.11 Å². The summed E-state index contributed by atoms with van der Waals surface area (Å²) in [6.07, 6.45) is 5.67. The molecule has 1 N–H and O–H groups in total. The fraction of sp³-hybridized carbons (Fsp3) is 0.643. The maximum absolute atomic E-state index is 10.3. The summed E-state index contributed by atoms with van der Waals surface area (Å²) in [5.74, 6) is 0. The van der Waals surface area contributed by atoms with Crippen LogP contribution in [0.25, 0.3) is 0 Å². The Balaban J connectivity index is 1.61. The van der Waals surface area contributed by atoms with Crippen LogP contribution in [0, 0.1) is 0 Å². The lowest BCUT2D eigenvalue weighted by atomic mass is 10.0. The minimum Gasteiger partial charge on any atom is -0.390 e. The smallest absolute Gasteiger partial charge is 0.0964 e. The molecule has 4 nitrogen and oxygen atoms in total. The molecule has 1 aromatic heterocycles. The molecular weight excluding hydrogens is 264 g/mol. The maximum Gasteiger partial charge on any atom is 0.0964 e. The van der Waals surface area contributed by atoms with Gasteiger partial charge in [-0.2, -0.15) is 0 Å². The summed E-state index contributed by atoms with van der Waals surface area (Å²) >= 11 is 6.07. The number of fused-ring (bicyclic) bond motifs is 1. The molecule has 0 amide bonds. The van der Waals surface area contributed by atoms with Gasteiger partial charge in [-0.05, 0) is 31.0 Å². The van der Waals surface area contributed by atoms with E-state index >= 15 is 0 Å². The second-order valence-corrected chi connectivity index (χ2v) is 5.81. The van der Waals surface area contributed by atoms with E-state index in [1.807, 2.05) is 6.07 Å². The molecule has 0 spiro atoms. The molecular formula is C14H19ClN2O2. The van der Waals surface area contributed by atoms with Crippen molar-refractivity contribution >= 4 is 11.6 Å². The van der Waals surface area contributed by atoms with Crippen LogP contribution in [0.4, 0.5) is 0 Å². The molecule has 1 aromatic rings. The number of morpholine rings is 1. The second kappa shape index (κ2) is 5.75. The number of nitrogens with zero attached hydrogens (tertiary/aromatic N) is 2. The molecule has 104 valence electrons. The zero-order valence-electron chi connectivity index (χ0n) is 10.8. The van der Waals surface area contributed by atoms with Gasteiger partial charge in [-0.25, -0.2) is 0 Å². The van der Waals surface area contributed by atoms with Crippen LogP contribution in [-0.2, 0) is 11.2 Å². The first-order valence-electron chi connectivity index (χ1n) is 6.86. The monoisotopic (exact) mass is 282 g/mol. The van der Waals surface area contributed by atoms with Crippen molar-refractivity contribution in [2.24, 2.45) is 0 Å². The Morgan fingerprint density at radius 2 is 2.47 bits per heavy atom. The predicted molar refractivity (Wildman–Crippen MR) is 73.3 cm³/mol. The van der Waals surface area contributed by atoms with Gasteiger partial charge in [0.15, 0.2) is 0 Å². The minimum atomic E-state index is -0.513. The molecule has 2 fully saturated rings. The number of halogens is 1. The first-order valence-corrected chi connectivity index (χ1v) is 7.24. The highest BCUT2D eigenvalue weighted by Crippen LogP contribution is 2.25. The quantitative estimate of drug-likeness (QED) is 0.913. The number of hydrogen-bond acceptors (Lipinski definition) is 4. The highest BCUT2D eigenvalue weighted by Gasteiger charge is 2.35. The van der Waals surface area contributed by atoms with E-state index in [0.29, 0.717) is 17.5 Å². The average Bonchev–Trinajstić information content (AvgIpc) is 2.88. The molecule has 0 bridgehead atoms. The van der Waals surface area contributed by atoms with Crippen LogP contribution >= 0.6 is 11.6 Å². The summed E-state index contributed by atoms with van der Waals surface area (Å²) < 4.78 is 5.82. The summed E-state index contributed by atoms with van der Waals surface area (Å²) in [6, 6.07) is 2.42. The molecule has 5 heteroatoms. The Morgan fingerprint density at radius 1 is 1.58 bits per heavy atom. The number of aromatic nitrogens is 1. The zero-order valence-corrected chi connectivity index (χ0v) is 11.6. The lowest BCUT2D eigenvalue weighted by Gasteiger charge is -2.37. The summed E-state index contributed by atoms with van der Waals surface area (Å²) in [7, 11) is 0. The number of hydrogen-bond donors (Lipinski definition) is 1. The Labute approximate surface area is 118 Å². The maximum atomic E-state index is 10.3. The van der Waals surface area contributed by atoms with Crippen molar-refractivity contribution in [3.05, 3.63) is 29.0 Å². The van der Waals surface area contributed by atoms with Crippen molar-refractivity contribution in [3.8, 4) is 0 Å². The van der Waals surface area contributed by atoms with E-state index in [1.54, 1.807) is 12.4 Å². The highest BCUT2D eigenvalue weighted by atomic mass is 35.5. The third kappa shape index (κ3) is 2.92. The standard InChI is InChI=1S/C14H19ClN2O2/c15-12-7-16-4-3-10(12)6-13(18)14-8-17-5-1-2-11(17)9-19-14/h3-4,7,11,13-14,18H,1-2,5-6,8-9H2. The molecule has 0 saturated carbocycles. The van der Waals surface area contributed by atoms with Crippen molar-refractivity contribution in [1.29, 1.82) is 0 Å². The number of aliphatic hydroxyl groups excluding tert-OH is 1. The topological polar surface area (TPSA) is 45.6 Å². The Morgan fingerprint density at radius 3 is 3.32 bits per heavy atom. The second-order valence-electron chi connectivity index (χ2n) is 5.40. The molecule has 2 aliphatic heterocycles. The average molecular weight is 283 g/mol. The normalized spacial score (nSPS) is 29.2. The first-order chi connectivity index (χ1) is 9.24. The molecule has 0 aliphatic carbocycles. The van der Waals surface area contributed by atoms with E-state index in [1.165, 1.54) is 12.8 Å². The first kappa shape index (κ1) is 13.3. The van der Waals surface area contributed by atoms with Crippen molar-refractivity contribution in [3.63, 3.8) is 0 Å². The minimum absolute atomic E-state index is 0.112.